The molecule has 1 aromatic heterocycles. The van der Waals surface area contributed by atoms with Crippen molar-refractivity contribution in [1.82, 2.24) is 19.8 Å². The highest BCUT2D eigenvalue weighted by Crippen LogP contribution is 2.30. The van der Waals surface area contributed by atoms with Crippen LogP contribution in [0.15, 0.2) is 24.3 Å². The van der Waals surface area contributed by atoms with E-state index in [-0.39, 0.29) is 17.9 Å². The molecule has 1 N–H and O–H groups in total. The Morgan fingerprint density at radius 1 is 1.17 bits per heavy atom. The summed E-state index contributed by atoms with van der Waals surface area (Å²) in [6.45, 7) is 1.67. The summed E-state index contributed by atoms with van der Waals surface area (Å²) in [5.41, 5.74) is 2.08. The number of aromatic amines is 1. The molecular weight excluding hydrogens is 292 g/mol. The first-order valence-electron chi connectivity index (χ1n) is 8.12. The Bertz CT molecular complexity index is 728. The number of rotatable bonds is 2. The van der Waals surface area contributed by atoms with E-state index in [1.54, 1.807) is 7.05 Å². The Labute approximate surface area is 134 Å². The largest absolute Gasteiger partial charge is 0.342 e. The van der Waals surface area contributed by atoms with Gasteiger partial charge in [-0.2, -0.15) is 0 Å². The number of fused-ring (bicyclic) bond motifs is 1. The molecular formula is C17H20N4O2. The number of hydrogen-bond acceptors (Lipinski definition) is 4. The Hall–Kier alpha value is -2.21. The molecule has 2 amide bonds. The number of nitrogens with one attached hydrogen (secondary N) is 1. The van der Waals surface area contributed by atoms with Crippen molar-refractivity contribution in [3.05, 3.63) is 30.1 Å². The number of imidazole rings is 1. The number of carbonyl (C=O) groups is 2. The number of para-hydroxylation sites is 2. The molecule has 2 saturated heterocycles. The Morgan fingerprint density at radius 3 is 2.57 bits per heavy atom. The average molecular weight is 312 g/mol. The molecule has 2 aromatic rings. The topological polar surface area (TPSA) is 69.3 Å². The van der Waals surface area contributed by atoms with Gasteiger partial charge < -0.3 is 4.98 Å². The summed E-state index contributed by atoms with van der Waals surface area (Å²) >= 11 is 0. The third-order valence-corrected chi connectivity index (χ3v) is 5.12. The van der Waals surface area contributed by atoms with Crippen LogP contribution in [-0.2, 0) is 9.59 Å². The predicted molar refractivity (Wildman–Crippen MR) is 85.8 cm³/mol. The molecule has 4 rings (SSSR count). The number of amides is 2. The lowest BCUT2D eigenvalue weighted by Gasteiger charge is -2.33. The summed E-state index contributed by atoms with van der Waals surface area (Å²) in [5, 5.41) is 0. The van der Waals surface area contributed by atoms with E-state index in [2.05, 4.69) is 9.88 Å². The number of benzene rings is 1. The Morgan fingerprint density at radius 2 is 1.91 bits per heavy atom. The molecule has 6 heteroatoms. The van der Waals surface area contributed by atoms with Crippen LogP contribution in [0, 0.1) is 0 Å². The fourth-order valence-corrected chi connectivity index (χ4v) is 3.67. The highest BCUT2D eigenvalue weighted by Gasteiger charge is 2.41. The molecule has 0 radical (unpaired) electrons. The summed E-state index contributed by atoms with van der Waals surface area (Å²) in [5.74, 6) is 1.30. The zero-order valence-corrected chi connectivity index (χ0v) is 13.2. The summed E-state index contributed by atoms with van der Waals surface area (Å²) in [4.78, 5) is 35.3. The highest BCUT2D eigenvalue weighted by atomic mass is 16.2. The van der Waals surface area contributed by atoms with Crippen LogP contribution in [0.25, 0.3) is 11.0 Å². The van der Waals surface area contributed by atoms with Gasteiger partial charge in [0.05, 0.1) is 23.5 Å². The van der Waals surface area contributed by atoms with Gasteiger partial charge in [-0.15, -0.1) is 0 Å². The number of hydrogen-bond donors (Lipinski definition) is 1. The Kier molecular flexibility index (Phi) is 3.41. The smallest absolute Gasteiger partial charge is 0.246 e. The maximum atomic E-state index is 12.1. The van der Waals surface area contributed by atoms with Gasteiger partial charge >= 0.3 is 0 Å². The van der Waals surface area contributed by atoms with Gasteiger partial charge in [-0.05, 0) is 38.1 Å². The zero-order chi connectivity index (χ0) is 16.0. The number of H-pyrrole nitrogens is 1. The van der Waals surface area contributed by atoms with Crippen LogP contribution < -0.4 is 0 Å². The highest BCUT2D eigenvalue weighted by molar-refractivity contribution is 6.05. The van der Waals surface area contributed by atoms with Gasteiger partial charge in [-0.25, -0.2) is 4.98 Å². The normalized spacial score (nSPS) is 24.0. The predicted octanol–water partition coefficient (Wildman–Crippen LogP) is 1.50. The average Bonchev–Trinajstić information content (AvgIpc) is 3.12. The standard InChI is InChI=1S/C17H20N4O2/c1-20-15(22)10-14(17(20)23)21-8-6-11(7-9-21)16-18-12-4-2-3-5-13(12)19-16/h2-5,11,14H,6-10H2,1H3,(H,18,19)/t14-/m1/s1. The molecule has 1 aromatic carbocycles. The summed E-state index contributed by atoms with van der Waals surface area (Å²) in [7, 11) is 1.58. The van der Waals surface area contributed by atoms with Gasteiger partial charge in [0.1, 0.15) is 5.82 Å². The molecule has 0 spiro atoms. The van der Waals surface area contributed by atoms with Crippen LogP contribution in [-0.4, -0.2) is 57.8 Å². The fraction of sp³-hybridized carbons (Fsp3) is 0.471. The summed E-state index contributed by atoms with van der Waals surface area (Å²) < 4.78 is 0. The van der Waals surface area contributed by atoms with Crippen LogP contribution in [0.4, 0.5) is 0 Å². The number of aromatic nitrogens is 2. The van der Waals surface area contributed by atoms with Gasteiger partial charge in [-0.3, -0.25) is 19.4 Å². The first kappa shape index (κ1) is 14.4. The third-order valence-electron chi connectivity index (χ3n) is 5.12. The SMILES string of the molecule is CN1C(=O)C[C@@H](N2CCC(c3nc4ccccc4[nH]3)CC2)C1=O. The lowest BCUT2D eigenvalue weighted by molar-refractivity contribution is -0.138. The minimum atomic E-state index is -0.260. The van der Waals surface area contributed by atoms with Crippen molar-refractivity contribution in [1.29, 1.82) is 0 Å². The van der Waals surface area contributed by atoms with Gasteiger partial charge in [0, 0.05) is 13.0 Å². The van der Waals surface area contributed by atoms with Crippen molar-refractivity contribution in [2.45, 2.75) is 31.2 Å². The molecule has 3 heterocycles. The third kappa shape index (κ3) is 2.43. The van der Waals surface area contributed by atoms with Crippen LogP contribution in [0.5, 0.6) is 0 Å². The van der Waals surface area contributed by atoms with Gasteiger partial charge in [0.2, 0.25) is 11.8 Å². The monoisotopic (exact) mass is 312 g/mol. The van der Waals surface area contributed by atoms with Gasteiger partial charge in [0.15, 0.2) is 0 Å². The summed E-state index contributed by atoms with van der Waals surface area (Å²) in [6.07, 6.45) is 2.24. The zero-order valence-electron chi connectivity index (χ0n) is 13.2. The molecule has 0 bridgehead atoms. The molecule has 23 heavy (non-hydrogen) atoms. The number of nitrogens with zero attached hydrogens (tertiary/aromatic N) is 3. The van der Waals surface area contributed by atoms with Crippen molar-refractivity contribution in [3.63, 3.8) is 0 Å². The number of imide groups is 1. The molecule has 2 fully saturated rings. The van der Waals surface area contributed by atoms with Crippen LogP contribution >= 0.6 is 0 Å². The van der Waals surface area contributed by atoms with E-state index in [1.807, 2.05) is 24.3 Å². The van der Waals surface area contributed by atoms with E-state index in [9.17, 15) is 9.59 Å². The Balaban J connectivity index is 1.45. The second-order valence-electron chi connectivity index (χ2n) is 6.46. The lowest BCUT2D eigenvalue weighted by atomic mass is 9.95. The minimum Gasteiger partial charge on any atom is -0.342 e. The fourth-order valence-electron chi connectivity index (χ4n) is 3.67. The van der Waals surface area contributed by atoms with Crippen LogP contribution in [0.1, 0.15) is 31.0 Å². The van der Waals surface area contributed by atoms with E-state index < -0.39 is 0 Å². The lowest BCUT2D eigenvalue weighted by Crippen LogP contribution is -2.45. The van der Waals surface area contributed by atoms with Gasteiger partial charge in [-0.1, -0.05) is 12.1 Å². The molecule has 2 aliphatic heterocycles. The van der Waals surface area contributed by atoms with E-state index in [4.69, 9.17) is 4.98 Å². The number of likely N-dealkylation sites (tertiary alicyclic amines) is 2. The quantitative estimate of drug-likeness (QED) is 0.853. The molecule has 0 saturated carbocycles. The van der Waals surface area contributed by atoms with E-state index in [1.165, 1.54) is 4.90 Å². The molecule has 6 nitrogen and oxygen atoms in total. The molecule has 0 aliphatic carbocycles. The molecule has 1 atom stereocenters. The first-order chi connectivity index (χ1) is 11.1. The van der Waals surface area contributed by atoms with E-state index in [0.717, 1.165) is 42.8 Å². The molecule has 120 valence electrons. The van der Waals surface area contributed by atoms with Crippen molar-refractivity contribution >= 4 is 22.8 Å². The van der Waals surface area contributed by atoms with Crippen LogP contribution in [0.2, 0.25) is 0 Å². The van der Waals surface area contributed by atoms with Crippen LogP contribution in [0.3, 0.4) is 0 Å². The van der Waals surface area contributed by atoms with Crippen molar-refractivity contribution in [3.8, 4) is 0 Å². The molecule has 2 aliphatic rings. The van der Waals surface area contributed by atoms with Crippen molar-refractivity contribution in [2.75, 3.05) is 20.1 Å². The van der Waals surface area contributed by atoms with Gasteiger partial charge in [0.25, 0.3) is 0 Å². The molecule has 0 unspecified atom stereocenters. The maximum absolute atomic E-state index is 12.1. The second kappa shape index (κ2) is 5.45. The number of carbonyl (C=O) groups excluding carboxylic acids is 2. The second-order valence-corrected chi connectivity index (χ2v) is 6.46. The summed E-state index contributed by atoms with van der Waals surface area (Å²) in [6, 6.07) is 7.80. The maximum Gasteiger partial charge on any atom is 0.246 e. The number of piperidine rings is 1. The number of likely N-dealkylation sites (N-methyl/N-ethyl adjacent to an activating group) is 1. The first-order valence-corrected chi connectivity index (χ1v) is 8.12. The van der Waals surface area contributed by atoms with E-state index in [0.29, 0.717) is 12.3 Å². The van der Waals surface area contributed by atoms with Crippen molar-refractivity contribution in [2.24, 2.45) is 0 Å². The van der Waals surface area contributed by atoms with E-state index >= 15 is 0 Å². The van der Waals surface area contributed by atoms with Crippen molar-refractivity contribution < 1.29 is 9.59 Å². The minimum absolute atomic E-state index is 0.0582.